The lowest BCUT2D eigenvalue weighted by atomic mass is 9.76. The van der Waals surface area contributed by atoms with Crippen LogP contribution in [0.15, 0.2) is 116 Å². The largest absolute Gasteiger partial charge is 0.760 e. The van der Waals surface area contributed by atoms with Crippen LogP contribution in [0, 0.1) is 35.0 Å². The van der Waals surface area contributed by atoms with E-state index in [1.165, 1.54) is 9.87 Å². The van der Waals surface area contributed by atoms with Crippen molar-refractivity contribution in [2.75, 3.05) is 39.9 Å². The fourth-order valence-electron chi connectivity index (χ4n) is 9.14. The molecule has 5 atom stereocenters. The second-order valence-corrected chi connectivity index (χ2v) is 19.3. The van der Waals surface area contributed by atoms with Crippen molar-refractivity contribution in [3.8, 4) is 63.6 Å². The lowest BCUT2D eigenvalue weighted by molar-refractivity contribution is -0.00407. The summed E-state index contributed by atoms with van der Waals surface area (Å²) >= 11 is -2.27. The molecule has 1 saturated carbocycles. The van der Waals surface area contributed by atoms with Gasteiger partial charge in [0.2, 0.25) is 5.88 Å². The Morgan fingerprint density at radius 1 is 0.829 bits per heavy atom. The Kier molecular flexibility index (Phi) is 16.0. The lowest BCUT2D eigenvalue weighted by Gasteiger charge is -2.50. The number of nitrogens with zero attached hydrogens (tertiary/aromatic N) is 7. The standard InChI is InChI=1S/C55H59N7O7S/c1-38(64)53-57-28-32-61(53)49(22-10-41-7-11-42(12-8-41)44-15-17-45(18-16-44)47-25-29-60(30-26-47)31-27-56)37-68-52-35-62(54(58-52)39(2)65)48(36-63)21-9-40-5-13-43(14-6-40)46-19-23-50(24-20-46)69-51-33-55(3,34-51)59(4)70(66)67/h5-8,11-20,23-24,28,32,35,38-39,47-49,51,63-65H,25-26,29-31,33-34,36-37H2,1-4H3,(H,66,67)/p-1/t38-,39-,48-,49-,51?,55?/m0/s1. The average molecular weight is 961 g/mol. The van der Waals surface area contributed by atoms with Gasteiger partial charge in [-0.25, -0.2) is 9.29 Å². The topological polar surface area (TPSA) is 185 Å². The zero-order valence-electron chi connectivity index (χ0n) is 39.8. The molecule has 4 aromatic carbocycles. The molecule has 0 spiro atoms. The fraction of sp³-hybridized carbons (Fsp3) is 0.364. The Bertz CT molecular complexity index is 2890. The highest BCUT2D eigenvalue weighted by molar-refractivity contribution is 7.76. The van der Waals surface area contributed by atoms with Crippen molar-refractivity contribution >= 4 is 11.3 Å². The van der Waals surface area contributed by atoms with E-state index in [1.54, 1.807) is 48.6 Å². The maximum absolute atomic E-state index is 11.4. The van der Waals surface area contributed by atoms with E-state index in [2.05, 4.69) is 81.0 Å². The van der Waals surface area contributed by atoms with Crippen LogP contribution >= 0.6 is 0 Å². The summed E-state index contributed by atoms with van der Waals surface area (Å²) in [5.74, 6) is 15.0. The van der Waals surface area contributed by atoms with Crippen molar-refractivity contribution in [3.63, 3.8) is 0 Å². The summed E-state index contributed by atoms with van der Waals surface area (Å²) in [6.07, 6.45) is 6.40. The van der Waals surface area contributed by atoms with Gasteiger partial charge in [-0.2, -0.15) is 10.2 Å². The molecule has 3 heterocycles. The van der Waals surface area contributed by atoms with E-state index in [0.717, 1.165) is 65.1 Å². The van der Waals surface area contributed by atoms with Crippen LogP contribution in [0.5, 0.6) is 11.6 Å². The summed E-state index contributed by atoms with van der Waals surface area (Å²) in [4.78, 5) is 11.2. The minimum Gasteiger partial charge on any atom is -0.760 e. The number of aliphatic hydroxyl groups is 3. The van der Waals surface area contributed by atoms with Gasteiger partial charge in [-0.1, -0.05) is 84.3 Å². The number of hydrogen-bond donors (Lipinski definition) is 3. The average Bonchev–Trinajstić information content (AvgIpc) is 4.04. The molecule has 1 unspecified atom stereocenters. The number of imidazole rings is 2. The third-order valence-corrected chi connectivity index (χ3v) is 14.2. The van der Waals surface area contributed by atoms with E-state index in [4.69, 9.17) is 14.7 Å². The lowest BCUT2D eigenvalue weighted by Crippen LogP contribution is -2.57. The summed E-state index contributed by atoms with van der Waals surface area (Å²) in [6.45, 7) is 7.22. The predicted molar refractivity (Wildman–Crippen MR) is 267 cm³/mol. The van der Waals surface area contributed by atoms with Crippen LogP contribution in [0.25, 0.3) is 22.3 Å². The Labute approximate surface area is 412 Å². The van der Waals surface area contributed by atoms with Gasteiger partial charge in [0, 0.05) is 53.2 Å². The molecule has 6 aromatic rings. The van der Waals surface area contributed by atoms with Gasteiger partial charge in [0.25, 0.3) is 0 Å². The highest BCUT2D eigenvalue weighted by Crippen LogP contribution is 2.40. The van der Waals surface area contributed by atoms with E-state index >= 15 is 0 Å². The van der Waals surface area contributed by atoms with E-state index in [-0.39, 0.29) is 31.0 Å². The number of piperidine rings is 1. The van der Waals surface area contributed by atoms with Gasteiger partial charge in [-0.3, -0.25) is 9.11 Å². The normalized spacial score (nSPS) is 19.3. The molecular weight excluding hydrogens is 903 g/mol. The summed E-state index contributed by atoms with van der Waals surface area (Å²) in [7, 11) is 1.58. The highest BCUT2D eigenvalue weighted by Gasteiger charge is 2.45. The summed E-state index contributed by atoms with van der Waals surface area (Å²) in [5, 5.41) is 40.9. The first-order valence-electron chi connectivity index (χ1n) is 23.5. The first-order valence-corrected chi connectivity index (χ1v) is 24.6. The van der Waals surface area contributed by atoms with Crippen molar-refractivity contribution in [3.05, 3.63) is 144 Å². The summed E-state index contributed by atoms with van der Waals surface area (Å²) in [6, 6.07) is 33.3. The Morgan fingerprint density at radius 3 is 1.90 bits per heavy atom. The van der Waals surface area contributed by atoms with Crippen molar-refractivity contribution in [2.24, 2.45) is 0 Å². The van der Waals surface area contributed by atoms with Crippen LogP contribution in [-0.2, 0) is 11.3 Å². The zero-order valence-corrected chi connectivity index (χ0v) is 40.6. The molecule has 14 nitrogen and oxygen atoms in total. The van der Waals surface area contributed by atoms with Crippen molar-refractivity contribution in [2.45, 2.75) is 88.3 Å². The van der Waals surface area contributed by atoms with Crippen LogP contribution in [0.4, 0.5) is 0 Å². The molecule has 0 bridgehead atoms. The van der Waals surface area contributed by atoms with Crippen molar-refractivity contribution in [1.29, 1.82) is 5.26 Å². The molecule has 1 aliphatic carbocycles. The minimum absolute atomic E-state index is 0.0319. The number of ether oxygens (including phenoxy) is 2. The molecule has 3 N–H and O–H groups in total. The molecule has 2 fully saturated rings. The van der Waals surface area contributed by atoms with Gasteiger partial charge in [0.05, 0.1) is 25.4 Å². The molecule has 15 heteroatoms. The van der Waals surface area contributed by atoms with Crippen LogP contribution in [0.2, 0.25) is 0 Å². The molecule has 8 rings (SSSR count). The molecule has 1 saturated heterocycles. The fourth-order valence-corrected chi connectivity index (χ4v) is 9.65. The Balaban J connectivity index is 0.913. The predicted octanol–water partition coefficient (Wildman–Crippen LogP) is 7.51. The second-order valence-electron chi connectivity index (χ2n) is 18.3. The highest BCUT2D eigenvalue weighted by atomic mass is 32.2. The van der Waals surface area contributed by atoms with Gasteiger partial charge < -0.3 is 38.5 Å². The van der Waals surface area contributed by atoms with Gasteiger partial charge in [-0.05, 0) is 124 Å². The number of nitriles is 1. The summed E-state index contributed by atoms with van der Waals surface area (Å²) < 4.78 is 39.9. The monoisotopic (exact) mass is 960 g/mol. The maximum atomic E-state index is 11.4. The number of benzene rings is 4. The van der Waals surface area contributed by atoms with Crippen molar-refractivity contribution < 1.29 is 33.6 Å². The zero-order chi connectivity index (χ0) is 49.4. The van der Waals surface area contributed by atoms with E-state index in [1.807, 2.05) is 67.6 Å². The number of likely N-dealkylation sites (tertiary alicyclic amines) is 1. The third kappa shape index (κ3) is 11.9. The number of hydrogen-bond acceptors (Lipinski definition) is 11. The molecule has 0 radical (unpaired) electrons. The Morgan fingerprint density at radius 2 is 1.37 bits per heavy atom. The Hall–Kier alpha value is -6.58. The van der Waals surface area contributed by atoms with Gasteiger partial charge in [0.15, 0.2) is 0 Å². The van der Waals surface area contributed by atoms with Crippen LogP contribution in [0.3, 0.4) is 0 Å². The van der Waals surface area contributed by atoms with Crippen LogP contribution < -0.4 is 9.47 Å². The van der Waals surface area contributed by atoms with E-state index in [9.17, 15) is 24.1 Å². The van der Waals surface area contributed by atoms with Gasteiger partial charge in [0.1, 0.15) is 54.4 Å². The number of rotatable bonds is 16. The smallest absolute Gasteiger partial charge is 0.232 e. The van der Waals surface area contributed by atoms with E-state index in [0.29, 0.717) is 31.1 Å². The molecule has 70 heavy (non-hydrogen) atoms. The quantitative estimate of drug-likeness (QED) is 0.0496. The second kappa shape index (κ2) is 22.4. The van der Waals surface area contributed by atoms with Crippen LogP contribution in [0.1, 0.15) is 105 Å². The molecule has 0 amide bonds. The minimum atomic E-state index is -2.27. The van der Waals surface area contributed by atoms with Crippen LogP contribution in [-0.4, -0.2) is 104 Å². The first-order chi connectivity index (χ1) is 33.8. The maximum Gasteiger partial charge on any atom is 0.232 e. The number of aliphatic hydroxyl groups excluding tert-OH is 3. The van der Waals surface area contributed by atoms with Crippen molar-refractivity contribution in [1.82, 2.24) is 28.3 Å². The molecular formula is C55H58N7O7S-. The van der Waals surface area contributed by atoms with Gasteiger partial charge in [-0.15, -0.1) is 0 Å². The molecule has 2 aliphatic rings. The number of aromatic nitrogens is 4. The first kappa shape index (κ1) is 49.8. The van der Waals surface area contributed by atoms with E-state index < -0.39 is 41.1 Å². The molecule has 362 valence electrons. The SMILES string of the molecule is C[C@H](O)c1nccn1[C@@H](C#Cc1ccc(-c2ccc(C3CCN(CC#N)CC3)cc2)cc1)COc1cn([C@@H](C#Cc2ccc(-c3ccc(OC4CC(C)(N(C)S(=O)[O-])C4)cc3)cc2)CO)c([C@H](C)O)n1. The third-order valence-electron chi connectivity index (χ3n) is 13.4. The summed E-state index contributed by atoms with van der Waals surface area (Å²) in [5.41, 5.74) is 6.59. The van der Waals surface area contributed by atoms with Gasteiger partial charge >= 0.3 is 0 Å². The molecule has 1 aliphatic heterocycles. The molecule has 2 aromatic heterocycles.